The van der Waals surface area contributed by atoms with Crippen LogP contribution in [0.1, 0.15) is 18.9 Å². The summed E-state index contributed by atoms with van der Waals surface area (Å²) in [5, 5.41) is 6.01. The number of hydrogen-bond donors (Lipinski definition) is 2. The molecule has 1 amide bonds. The zero-order valence-corrected chi connectivity index (χ0v) is 12.0. The summed E-state index contributed by atoms with van der Waals surface area (Å²) < 4.78 is 12.8. The summed E-state index contributed by atoms with van der Waals surface area (Å²) in [7, 11) is 0. The van der Waals surface area contributed by atoms with Crippen LogP contribution in [0, 0.1) is 5.82 Å². The second-order valence-electron chi connectivity index (χ2n) is 4.74. The molecule has 2 aromatic carbocycles. The lowest BCUT2D eigenvalue weighted by Crippen LogP contribution is -2.17. The van der Waals surface area contributed by atoms with Crippen LogP contribution in [-0.2, 0) is 11.2 Å². The molecule has 4 heteroatoms. The number of para-hydroxylation sites is 1. The maximum Gasteiger partial charge on any atom is 0.226 e. The van der Waals surface area contributed by atoms with Gasteiger partial charge in [-0.15, -0.1) is 0 Å². The number of nitrogens with one attached hydrogen (secondary N) is 2. The lowest BCUT2D eigenvalue weighted by Gasteiger charge is -2.10. The Morgan fingerprint density at radius 3 is 2.52 bits per heavy atom. The average molecular weight is 286 g/mol. The van der Waals surface area contributed by atoms with Gasteiger partial charge in [0.1, 0.15) is 5.82 Å². The molecule has 3 nitrogen and oxygen atoms in total. The predicted octanol–water partition coefficient (Wildman–Crippen LogP) is 3.83. The predicted molar refractivity (Wildman–Crippen MR) is 84.0 cm³/mol. The summed E-state index contributed by atoms with van der Waals surface area (Å²) in [6.07, 6.45) is 1.24. The number of amides is 1. The van der Waals surface area contributed by atoms with E-state index in [-0.39, 0.29) is 11.7 Å². The lowest BCUT2D eigenvalue weighted by molar-refractivity contribution is -0.115. The van der Waals surface area contributed by atoms with Gasteiger partial charge in [0.15, 0.2) is 0 Å². The molecule has 0 aliphatic carbocycles. The molecule has 21 heavy (non-hydrogen) atoms. The van der Waals surface area contributed by atoms with Crippen LogP contribution in [-0.4, -0.2) is 12.5 Å². The van der Waals surface area contributed by atoms with E-state index in [1.54, 1.807) is 12.1 Å². The van der Waals surface area contributed by atoms with Gasteiger partial charge in [-0.1, -0.05) is 25.1 Å². The summed E-state index contributed by atoms with van der Waals surface area (Å²) in [4.78, 5) is 11.9. The maximum atomic E-state index is 12.8. The van der Waals surface area contributed by atoms with E-state index < -0.39 is 0 Å². The molecule has 0 aliphatic heterocycles. The van der Waals surface area contributed by atoms with Gasteiger partial charge in [0.25, 0.3) is 0 Å². The number of halogens is 1. The Labute approximate surface area is 124 Å². The molecule has 0 spiro atoms. The first-order valence-corrected chi connectivity index (χ1v) is 7.06. The molecule has 0 bridgehead atoms. The Morgan fingerprint density at radius 1 is 1.10 bits per heavy atom. The highest BCUT2D eigenvalue weighted by Crippen LogP contribution is 2.15. The lowest BCUT2D eigenvalue weighted by atomic mass is 10.1. The maximum absolute atomic E-state index is 12.8. The molecular weight excluding hydrogens is 267 g/mol. The number of benzene rings is 2. The zero-order chi connectivity index (χ0) is 15.1. The highest BCUT2D eigenvalue weighted by atomic mass is 19.1. The molecule has 0 heterocycles. The van der Waals surface area contributed by atoms with Crippen LogP contribution in [0.5, 0.6) is 0 Å². The molecule has 110 valence electrons. The van der Waals surface area contributed by atoms with Crippen molar-refractivity contribution >= 4 is 17.3 Å². The molecule has 0 aromatic heterocycles. The van der Waals surface area contributed by atoms with E-state index in [9.17, 15) is 9.18 Å². The van der Waals surface area contributed by atoms with Crippen molar-refractivity contribution in [3.05, 3.63) is 59.9 Å². The molecule has 0 unspecified atom stereocenters. The van der Waals surface area contributed by atoms with Crippen LogP contribution >= 0.6 is 0 Å². The van der Waals surface area contributed by atoms with Gasteiger partial charge >= 0.3 is 0 Å². The van der Waals surface area contributed by atoms with Crippen molar-refractivity contribution in [1.29, 1.82) is 0 Å². The standard InChI is InChI=1S/C17H19FN2O/c1-2-13-5-3-4-6-16(13)20-17(21)11-12-19-15-9-7-14(18)8-10-15/h3-10,19H,2,11-12H2,1H3,(H,20,21). The molecule has 2 aromatic rings. The van der Waals surface area contributed by atoms with Gasteiger partial charge in [-0.3, -0.25) is 4.79 Å². The smallest absolute Gasteiger partial charge is 0.226 e. The van der Waals surface area contributed by atoms with Crippen molar-refractivity contribution in [3.63, 3.8) is 0 Å². The first kappa shape index (κ1) is 15.0. The third-order valence-corrected chi connectivity index (χ3v) is 3.20. The fraction of sp³-hybridized carbons (Fsp3) is 0.235. The minimum absolute atomic E-state index is 0.0366. The minimum Gasteiger partial charge on any atom is -0.385 e. The third-order valence-electron chi connectivity index (χ3n) is 3.20. The Balaban J connectivity index is 1.81. The molecule has 0 saturated heterocycles. The van der Waals surface area contributed by atoms with E-state index in [0.29, 0.717) is 13.0 Å². The zero-order valence-electron chi connectivity index (χ0n) is 12.0. The number of carbonyl (C=O) groups excluding carboxylic acids is 1. The van der Waals surface area contributed by atoms with Gasteiger partial charge in [-0.05, 0) is 42.3 Å². The van der Waals surface area contributed by atoms with Crippen molar-refractivity contribution in [2.75, 3.05) is 17.2 Å². The SMILES string of the molecule is CCc1ccccc1NC(=O)CCNc1ccc(F)cc1. The van der Waals surface area contributed by atoms with Crippen LogP contribution < -0.4 is 10.6 Å². The monoisotopic (exact) mass is 286 g/mol. The van der Waals surface area contributed by atoms with E-state index >= 15 is 0 Å². The first-order chi connectivity index (χ1) is 10.2. The van der Waals surface area contributed by atoms with E-state index in [2.05, 4.69) is 17.6 Å². The van der Waals surface area contributed by atoms with Crippen molar-refractivity contribution in [1.82, 2.24) is 0 Å². The van der Waals surface area contributed by atoms with Crippen molar-refractivity contribution in [2.24, 2.45) is 0 Å². The van der Waals surface area contributed by atoms with E-state index in [1.165, 1.54) is 12.1 Å². The third kappa shape index (κ3) is 4.60. The second kappa shape index (κ2) is 7.43. The molecule has 0 saturated carbocycles. The first-order valence-electron chi connectivity index (χ1n) is 7.06. The summed E-state index contributed by atoms with van der Waals surface area (Å²) in [6, 6.07) is 13.9. The molecule has 0 fully saturated rings. The Kier molecular flexibility index (Phi) is 5.32. The van der Waals surface area contributed by atoms with Gasteiger partial charge in [-0.25, -0.2) is 4.39 Å². The molecular formula is C17H19FN2O. The van der Waals surface area contributed by atoms with Gasteiger partial charge in [0, 0.05) is 24.3 Å². The molecule has 0 aliphatic rings. The van der Waals surface area contributed by atoms with Crippen LogP contribution in [0.25, 0.3) is 0 Å². The highest BCUT2D eigenvalue weighted by molar-refractivity contribution is 5.91. The Morgan fingerprint density at radius 2 is 1.81 bits per heavy atom. The fourth-order valence-corrected chi connectivity index (χ4v) is 2.05. The number of hydrogen-bond acceptors (Lipinski definition) is 2. The van der Waals surface area contributed by atoms with Crippen molar-refractivity contribution < 1.29 is 9.18 Å². The number of aryl methyl sites for hydroxylation is 1. The largest absolute Gasteiger partial charge is 0.385 e. The Bertz CT molecular complexity index is 596. The fourth-order valence-electron chi connectivity index (χ4n) is 2.05. The van der Waals surface area contributed by atoms with Gasteiger partial charge in [0.2, 0.25) is 5.91 Å². The van der Waals surface area contributed by atoms with Crippen LogP contribution in [0.2, 0.25) is 0 Å². The van der Waals surface area contributed by atoms with Crippen molar-refractivity contribution in [2.45, 2.75) is 19.8 Å². The van der Waals surface area contributed by atoms with Gasteiger partial charge in [0.05, 0.1) is 0 Å². The summed E-state index contributed by atoms with van der Waals surface area (Å²) in [6.45, 7) is 2.56. The average Bonchev–Trinajstić information content (AvgIpc) is 2.50. The summed E-state index contributed by atoms with van der Waals surface area (Å²) >= 11 is 0. The molecule has 0 atom stereocenters. The molecule has 2 N–H and O–H groups in total. The Hall–Kier alpha value is -2.36. The van der Waals surface area contributed by atoms with E-state index in [0.717, 1.165) is 23.4 Å². The van der Waals surface area contributed by atoms with E-state index in [4.69, 9.17) is 0 Å². The van der Waals surface area contributed by atoms with Crippen LogP contribution in [0.4, 0.5) is 15.8 Å². The number of rotatable bonds is 6. The number of anilines is 2. The second-order valence-corrected chi connectivity index (χ2v) is 4.74. The summed E-state index contributed by atoms with van der Waals surface area (Å²) in [5.74, 6) is -0.306. The topological polar surface area (TPSA) is 41.1 Å². The highest BCUT2D eigenvalue weighted by Gasteiger charge is 2.05. The number of carbonyl (C=O) groups is 1. The van der Waals surface area contributed by atoms with Crippen LogP contribution in [0.15, 0.2) is 48.5 Å². The summed E-state index contributed by atoms with van der Waals surface area (Å²) in [5.41, 5.74) is 2.79. The van der Waals surface area contributed by atoms with Crippen molar-refractivity contribution in [3.8, 4) is 0 Å². The molecule has 2 rings (SSSR count). The van der Waals surface area contributed by atoms with E-state index in [1.807, 2.05) is 24.3 Å². The minimum atomic E-state index is -0.269. The van der Waals surface area contributed by atoms with Gasteiger partial charge < -0.3 is 10.6 Å². The quantitative estimate of drug-likeness (QED) is 0.847. The van der Waals surface area contributed by atoms with Crippen LogP contribution in [0.3, 0.4) is 0 Å². The molecule has 0 radical (unpaired) electrons. The van der Waals surface area contributed by atoms with Gasteiger partial charge in [-0.2, -0.15) is 0 Å². The normalized spacial score (nSPS) is 10.2.